The Labute approximate surface area is 110 Å². The highest BCUT2D eigenvalue weighted by atomic mass is 32.2. The fourth-order valence-corrected chi connectivity index (χ4v) is 2.73. The summed E-state index contributed by atoms with van der Waals surface area (Å²) in [7, 11) is -3.62. The molecule has 1 aromatic heterocycles. The van der Waals surface area contributed by atoms with Gasteiger partial charge in [0, 0.05) is 13.0 Å². The maximum Gasteiger partial charge on any atom is 0.242 e. The number of aryl methyl sites for hydroxylation is 1. The van der Waals surface area contributed by atoms with Crippen LogP contribution in [-0.2, 0) is 16.4 Å². The molecule has 0 aliphatic heterocycles. The van der Waals surface area contributed by atoms with Gasteiger partial charge in [-0.05, 0) is 24.6 Å². The molecule has 0 fully saturated rings. The first-order valence-electron chi connectivity index (χ1n) is 5.60. The molecule has 0 radical (unpaired) electrons. The zero-order valence-corrected chi connectivity index (χ0v) is 11.1. The molecule has 7 nitrogen and oxygen atoms in total. The predicted molar refractivity (Wildman–Crippen MR) is 68.8 cm³/mol. The van der Waals surface area contributed by atoms with Gasteiger partial charge in [0.2, 0.25) is 16.4 Å². The van der Waals surface area contributed by atoms with E-state index in [1.165, 1.54) is 12.5 Å². The van der Waals surface area contributed by atoms with Crippen LogP contribution in [0.2, 0.25) is 0 Å². The Morgan fingerprint density at radius 2 is 2.21 bits per heavy atom. The molecule has 3 N–H and O–H groups in total. The number of benzene rings is 1. The SMILES string of the molecule is Cc1ccc(S(=O)(=O)NCCc2ncon2)c(N)c1. The minimum Gasteiger partial charge on any atom is -0.398 e. The second kappa shape index (κ2) is 5.37. The lowest BCUT2D eigenvalue weighted by Crippen LogP contribution is -2.27. The molecule has 102 valence electrons. The Morgan fingerprint density at radius 1 is 1.42 bits per heavy atom. The van der Waals surface area contributed by atoms with Crippen LogP contribution in [0.4, 0.5) is 5.69 Å². The normalized spacial score (nSPS) is 11.6. The molecule has 19 heavy (non-hydrogen) atoms. The number of nitrogens with zero attached hydrogens (tertiary/aromatic N) is 2. The Kier molecular flexibility index (Phi) is 3.82. The number of hydrogen-bond donors (Lipinski definition) is 2. The zero-order chi connectivity index (χ0) is 13.9. The Morgan fingerprint density at radius 3 is 2.84 bits per heavy atom. The van der Waals surface area contributed by atoms with Gasteiger partial charge in [-0.2, -0.15) is 4.98 Å². The van der Waals surface area contributed by atoms with Crippen LogP contribution in [0, 0.1) is 6.92 Å². The fraction of sp³-hybridized carbons (Fsp3) is 0.273. The van der Waals surface area contributed by atoms with Crippen molar-refractivity contribution in [2.75, 3.05) is 12.3 Å². The first kappa shape index (κ1) is 13.5. The molecule has 0 saturated heterocycles. The lowest BCUT2D eigenvalue weighted by Gasteiger charge is -2.08. The van der Waals surface area contributed by atoms with E-state index in [9.17, 15) is 8.42 Å². The minimum atomic E-state index is -3.62. The lowest BCUT2D eigenvalue weighted by atomic mass is 10.2. The first-order valence-corrected chi connectivity index (χ1v) is 7.08. The number of anilines is 1. The summed E-state index contributed by atoms with van der Waals surface area (Å²) in [6.45, 7) is 2.02. The second-order valence-electron chi connectivity index (χ2n) is 4.04. The largest absolute Gasteiger partial charge is 0.398 e. The van der Waals surface area contributed by atoms with E-state index >= 15 is 0 Å². The van der Waals surface area contributed by atoms with Gasteiger partial charge in [-0.1, -0.05) is 11.2 Å². The molecule has 2 aromatic rings. The topological polar surface area (TPSA) is 111 Å². The van der Waals surface area contributed by atoms with E-state index in [0.29, 0.717) is 12.2 Å². The number of aromatic nitrogens is 2. The van der Waals surface area contributed by atoms with Crippen molar-refractivity contribution in [3.63, 3.8) is 0 Å². The maximum absolute atomic E-state index is 12.0. The molecule has 2 rings (SSSR count). The van der Waals surface area contributed by atoms with Crippen molar-refractivity contribution >= 4 is 15.7 Å². The summed E-state index contributed by atoms with van der Waals surface area (Å²) >= 11 is 0. The highest BCUT2D eigenvalue weighted by Gasteiger charge is 2.16. The third-order valence-electron chi connectivity index (χ3n) is 2.50. The molecule has 0 saturated carbocycles. The van der Waals surface area contributed by atoms with Crippen LogP contribution < -0.4 is 10.5 Å². The van der Waals surface area contributed by atoms with Crippen LogP contribution in [0.1, 0.15) is 11.4 Å². The van der Waals surface area contributed by atoms with Gasteiger partial charge in [0.25, 0.3) is 0 Å². The van der Waals surface area contributed by atoms with Gasteiger partial charge in [-0.25, -0.2) is 13.1 Å². The average molecular weight is 282 g/mol. The van der Waals surface area contributed by atoms with Crippen molar-refractivity contribution in [1.82, 2.24) is 14.9 Å². The molecule has 1 aromatic carbocycles. The lowest BCUT2D eigenvalue weighted by molar-refractivity contribution is 0.410. The Bertz CT molecular complexity index is 653. The molecule has 0 aliphatic carbocycles. The molecule has 0 spiro atoms. The third kappa shape index (κ3) is 3.30. The summed E-state index contributed by atoms with van der Waals surface area (Å²) in [6.07, 6.45) is 1.54. The van der Waals surface area contributed by atoms with Gasteiger partial charge in [-0.3, -0.25) is 0 Å². The highest BCUT2D eigenvalue weighted by molar-refractivity contribution is 7.89. The molecule has 0 atom stereocenters. The number of nitrogens with two attached hydrogens (primary N) is 1. The van der Waals surface area contributed by atoms with Crippen LogP contribution in [0.3, 0.4) is 0 Å². The monoisotopic (exact) mass is 282 g/mol. The van der Waals surface area contributed by atoms with E-state index in [4.69, 9.17) is 5.73 Å². The molecule has 0 unspecified atom stereocenters. The van der Waals surface area contributed by atoms with Gasteiger partial charge in [0.15, 0.2) is 5.82 Å². The first-order chi connectivity index (χ1) is 8.99. The van der Waals surface area contributed by atoms with Crippen molar-refractivity contribution in [2.45, 2.75) is 18.2 Å². The van der Waals surface area contributed by atoms with Gasteiger partial charge in [-0.15, -0.1) is 0 Å². The maximum atomic E-state index is 12.0. The van der Waals surface area contributed by atoms with Crippen LogP contribution in [0.15, 0.2) is 34.0 Å². The molecule has 1 heterocycles. The van der Waals surface area contributed by atoms with E-state index in [-0.39, 0.29) is 17.1 Å². The second-order valence-corrected chi connectivity index (χ2v) is 5.77. The van der Waals surface area contributed by atoms with Crippen LogP contribution in [0.5, 0.6) is 0 Å². The third-order valence-corrected chi connectivity index (χ3v) is 4.04. The van der Waals surface area contributed by atoms with Crippen LogP contribution >= 0.6 is 0 Å². The van der Waals surface area contributed by atoms with Crippen molar-refractivity contribution in [3.8, 4) is 0 Å². The summed E-state index contributed by atoms with van der Waals surface area (Å²) < 4.78 is 31.1. The Balaban J connectivity index is 2.05. The fourth-order valence-electron chi connectivity index (χ4n) is 1.59. The van der Waals surface area contributed by atoms with Gasteiger partial charge >= 0.3 is 0 Å². The zero-order valence-electron chi connectivity index (χ0n) is 10.3. The molecule has 8 heteroatoms. The van der Waals surface area contributed by atoms with Crippen LogP contribution in [0.25, 0.3) is 0 Å². The van der Waals surface area contributed by atoms with Crippen molar-refractivity contribution in [1.29, 1.82) is 0 Å². The van der Waals surface area contributed by atoms with Gasteiger partial charge in [0.1, 0.15) is 4.90 Å². The summed E-state index contributed by atoms with van der Waals surface area (Å²) in [5.41, 5.74) is 6.85. The van der Waals surface area contributed by atoms with Crippen molar-refractivity contribution < 1.29 is 12.9 Å². The molecule has 0 bridgehead atoms. The van der Waals surface area contributed by atoms with Gasteiger partial charge < -0.3 is 10.3 Å². The minimum absolute atomic E-state index is 0.0752. The van der Waals surface area contributed by atoms with Gasteiger partial charge in [0.05, 0.1) is 5.69 Å². The Hall–Kier alpha value is -1.93. The summed E-state index contributed by atoms with van der Waals surface area (Å²) in [5, 5.41) is 3.59. The summed E-state index contributed by atoms with van der Waals surface area (Å²) in [5.74, 6) is 0.444. The molecular formula is C11H14N4O3S. The van der Waals surface area contributed by atoms with Crippen LogP contribution in [-0.4, -0.2) is 25.1 Å². The van der Waals surface area contributed by atoms with E-state index in [1.807, 2.05) is 6.92 Å². The molecule has 0 aliphatic rings. The number of nitrogen functional groups attached to an aromatic ring is 1. The number of nitrogens with one attached hydrogen (secondary N) is 1. The average Bonchev–Trinajstić information content (AvgIpc) is 2.81. The van der Waals surface area contributed by atoms with E-state index in [0.717, 1.165) is 5.56 Å². The summed E-state index contributed by atoms with van der Waals surface area (Å²) in [6, 6.07) is 4.80. The van der Waals surface area contributed by atoms with E-state index in [1.54, 1.807) is 12.1 Å². The number of rotatable bonds is 5. The predicted octanol–water partition coefficient (Wildman–Crippen LogP) is 0.481. The van der Waals surface area contributed by atoms with Crippen molar-refractivity contribution in [2.24, 2.45) is 0 Å². The number of hydrogen-bond acceptors (Lipinski definition) is 6. The molecular weight excluding hydrogens is 268 g/mol. The smallest absolute Gasteiger partial charge is 0.242 e. The standard InChI is InChI=1S/C11H14N4O3S/c1-8-2-3-10(9(12)6-8)19(16,17)14-5-4-11-13-7-18-15-11/h2-3,6-7,14H,4-5,12H2,1H3. The molecule has 0 amide bonds. The highest BCUT2D eigenvalue weighted by Crippen LogP contribution is 2.19. The van der Waals surface area contributed by atoms with E-state index in [2.05, 4.69) is 19.4 Å². The van der Waals surface area contributed by atoms with Crippen molar-refractivity contribution in [3.05, 3.63) is 36.0 Å². The quantitative estimate of drug-likeness (QED) is 0.772. The number of sulfonamides is 1. The van der Waals surface area contributed by atoms with E-state index < -0.39 is 10.0 Å². The summed E-state index contributed by atoms with van der Waals surface area (Å²) in [4.78, 5) is 3.88.